The second kappa shape index (κ2) is 4.29. The number of nitrogens with zero attached hydrogens (tertiary/aromatic N) is 1. The van der Waals surface area contributed by atoms with E-state index in [9.17, 15) is 0 Å². The minimum absolute atomic E-state index is 0.675. The molecular weight excluding hydrogens is 230 g/mol. The fourth-order valence-electron chi connectivity index (χ4n) is 1.18. The summed E-state index contributed by atoms with van der Waals surface area (Å²) >= 11 is 3.35. The minimum atomic E-state index is 0.675. The van der Waals surface area contributed by atoms with E-state index in [0.717, 1.165) is 16.9 Å². The van der Waals surface area contributed by atoms with Crippen LogP contribution in [0.5, 0.6) is 5.75 Å². The summed E-state index contributed by atoms with van der Waals surface area (Å²) in [7, 11) is 1.60. The van der Waals surface area contributed by atoms with E-state index in [4.69, 9.17) is 10.00 Å². The zero-order valence-corrected chi connectivity index (χ0v) is 9.18. The predicted molar refractivity (Wildman–Crippen MR) is 55.1 cm³/mol. The Kier molecular flexibility index (Phi) is 3.32. The standard InChI is InChI=1S/C10H10BrNO/c1-7-3-9(13-2)4-8(6-12)10(7)5-11/h3-4H,5H2,1-2H3. The number of halogens is 1. The van der Waals surface area contributed by atoms with Crippen LogP contribution < -0.4 is 4.74 Å². The van der Waals surface area contributed by atoms with Gasteiger partial charge in [0.05, 0.1) is 18.7 Å². The number of ether oxygens (including phenoxy) is 1. The third-order valence-corrected chi connectivity index (χ3v) is 2.50. The Labute approximate surface area is 86.3 Å². The number of nitriles is 1. The molecule has 1 aromatic rings. The Morgan fingerprint density at radius 1 is 1.54 bits per heavy atom. The van der Waals surface area contributed by atoms with Crippen LogP contribution in [0.3, 0.4) is 0 Å². The molecule has 13 heavy (non-hydrogen) atoms. The van der Waals surface area contributed by atoms with E-state index in [1.54, 1.807) is 13.2 Å². The molecule has 0 saturated carbocycles. The number of benzene rings is 1. The number of methoxy groups -OCH3 is 1. The molecule has 0 unspecified atom stereocenters. The Balaban J connectivity index is 3.31. The van der Waals surface area contributed by atoms with Gasteiger partial charge in [-0.05, 0) is 30.2 Å². The Morgan fingerprint density at radius 3 is 2.69 bits per heavy atom. The van der Waals surface area contributed by atoms with Crippen LogP contribution in [0.1, 0.15) is 16.7 Å². The molecule has 0 atom stereocenters. The highest BCUT2D eigenvalue weighted by molar-refractivity contribution is 9.08. The van der Waals surface area contributed by atoms with Crippen LogP contribution in [0.15, 0.2) is 12.1 Å². The van der Waals surface area contributed by atoms with Crippen LogP contribution in [0, 0.1) is 18.3 Å². The zero-order valence-electron chi connectivity index (χ0n) is 7.60. The lowest BCUT2D eigenvalue weighted by atomic mass is 10.0. The number of hydrogen-bond acceptors (Lipinski definition) is 2. The zero-order chi connectivity index (χ0) is 9.84. The average molecular weight is 240 g/mol. The van der Waals surface area contributed by atoms with E-state index in [0.29, 0.717) is 10.9 Å². The highest BCUT2D eigenvalue weighted by atomic mass is 79.9. The van der Waals surface area contributed by atoms with E-state index in [1.165, 1.54) is 0 Å². The molecule has 3 heteroatoms. The van der Waals surface area contributed by atoms with Gasteiger partial charge in [-0.2, -0.15) is 5.26 Å². The summed E-state index contributed by atoms with van der Waals surface area (Å²) in [5, 5.41) is 9.57. The van der Waals surface area contributed by atoms with Gasteiger partial charge >= 0.3 is 0 Å². The fraction of sp³-hybridized carbons (Fsp3) is 0.300. The molecule has 0 amide bonds. The highest BCUT2D eigenvalue weighted by Crippen LogP contribution is 2.23. The van der Waals surface area contributed by atoms with Gasteiger partial charge in [0.2, 0.25) is 0 Å². The van der Waals surface area contributed by atoms with Crippen molar-refractivity contribution in [1.29, 1.82) is 5.26 Å². The van der Waals surface area contributed by atoms with Crippen molar-refractivity contribution in [2.24, 2.45) is 0 Å². The van der Waals surface area contributed by atoms with Crippen LogP contribution in [0.4, 0.5) is 0 Å². The van der Waals surface area contributed by atoms with Crippen molar-refractivity contribution in [3.8, 4) is 11.8 Å². The van der Waals surface area contributed by atoms with Crippen molar-refractivity contribution < 1.29 is 4.74 Å². The number of hydrogen-bond donors (Lipinski definition) is 0. The van der Waals surface area contributed by atoms with Crippen LogP contribution in [-0.2, 0) is 5.33 Å². The third kappa shape index (κ3) is 2.02. The van der Waals surface area contributed by atoms with E-state index in [1.807, 2.05) is 13.0 Å². The fourth-order valence-corrected chi connectivity index (χ4v) is 1.92. The summed E-state index contributed by atoms with van der Waals surface area (Å²) < 4.78 is 5.07. The lowest BCUT2D eigenvalue weighted by Crippen LogP contribution is -1.93. The summed E-state index contributed by atoms with van der Waals surface area (Å²) in [6.45, 7) is 1.97. The molecule has 0 heterocycles. The smallest absolute Gasteiger partial charge is 0.120 e. The Hall–Kier alpha value is -1.01. The van der Waals surface area contributed by atoms with Crippen molar-refractivity contribution in [1.82, 2.24) is 0 Å². The van der Waals surface area contributed by atoms with E-state index in [-0.39, 0.29) is 0 Å². The maximum atomic E-state index is 8.87. The van der Waals surface area contributed by atoms with Gasteiger partial charge in [-0.1, -0.05) is 15.9 Å². The summed E-state index contributed by atoms with van der Waals surface area (Å²) in [5.74, 6) is 0.735. The van der Waals surface area contributed by atoms with E-state index >= 15 is 0 Å². The first-order chi connectivity index (χ1) is 6.22. The Bertz CT molecular complexity index is 355. The maximum absolute atomic E-state index is 8.87. The van der Waals surface area contributed by atoms with Gasteiger partial charge in [0.25, 0.3) is 0 Å². The molecule has 0 N–H and O–H groups in total. The average Bonchev–Trinajstić information content (AvgIpc) is 2.16. The largest absolute Gasteiger partial charge is 0.497 e. The molecule has 2 nitrogen and oxygen atoms in total. The number of alkyl halides is 1. The van der Waals surface area contributed by atoms with Gasteiger partial charge < -0.3 is 4.74 Å². The molecule has 0 spiro atoms. The van der Waals surface area contributed by atoms with Gasteiger partial charge in [0.15, 0.2) is 0 Å². The van der Waals surface area contributed by atoms with Crippen LogP contribution in [-0.4, -0.2) is 7.11 Å². The molecule has 0 aliphatic rings. The van der Waals surface area contributed by atoms with E-state index < -0.39 is 0 Å². The molecule has 0 fully saturated rings. The minimum Gasteiger partial charge on any atom is -0.497 e. The quantitative estimate of drug-likeness (QED) is 0.744. The summed E-state index contributed by atoms with van der Waals surface area (Å²) in [6, 6.07) is 5.83. The van der Waals surface area contributed by atoms with Gasteiger partial charge in [-0.25, -0.2) is 0 Å². The van der Waals surface area contributed by atoms with Crippen molar-refractivity contribution in [3.05, 3.63) is 28.8 Å². The molecule has 1 aromatic carbocycles. The van der Waals surface area contributed by atoms with E-state index in [2.05, 4.69) is 22.0 Å². The molecule has 0 radical (unpaired) electrons. The monoisotopic (exact) mass is 239 g/mol. The van der Waals surface area contributed by atoms with Crippen LogP contribution >= 0.6 is 15.9 Å². The lowest BCUT2D eigenvalue weighted by Gasteiger charge is -2.07. The van der Waals surface area contributed by atoms with Crippen molar-refractivity contribution in [3.63, 3.8) is 0 Å². The summed E-state index contributed by atoms with van der Waals surface area (Å²) in [6.07, 6.45) is 0. The molecule has 1 rings (SSSR count). The number of aryl methyl sites for hydroxylation is 1. The molecule has 0 aromatic heterocycles. The maximum Gasteiger partial charge on any atom is 0.120 e. The molecule has 0 aliphatic heterocycles. The SMILES string of the molecule is COc1cc(C)c(CBr)c(C#N)c1. The molecule has 0 aliphatic carbocycles. The van der Waals surface area contributed by atoms with Crippen molar-refractivity contribution >= 4 is 15.9 Å². The molecule has 0 saturated heterocycles. The highest BCUT2D eigenvalue weighted by Gasteiger charge is 2.06. The van der Waals surface area contributed by atoms with Crippen molar-refractivity contribution in [2.75, 3.05) is 7.11 Å². The molecular formula is C10H10BrNO. The van der Waals surface area contributed by atoms with Crippen molar-refractivity contribution in [2.45, 2.75) is 12.3 Å². The topological polar surface area (TPSA) is 33.0 Å². The first-order valence-electron chi connectivity index (χ1n) is 3.86. The van der Waals surface area contributed by atoms with Gasteiger partial charge in [0.1, 0.15) is 5.75 Å². The second-order valence-electron chi connectivity index (χ2n) is 2.72. The Morgan fingerprint density at radius 2 is 2.23 bits per heavy atom. The first kappa shape index (κ1) is 10.1. The van der Waals surface area contributed by atoms with Gasteiger partial charge in [-0.15, -0.1) is 0 Å². The normalized spacial score (nSPS) is 9.38. The van der Waals surface area contributed by atoms with Crippen LogP contribution in [0.25, 0.3) is 0 Å². The van der Waals surface area contributed by atoms with Gasteiger partial charge in [-0.3, -0.25) is 0 Å². The predicted octanol–water partition coefficient (Wildman–Crippen LogP) is 2.77. The van der Waals surface area contributed by atoms with Gasteiger partial charge in [0, 0.05) is 5.33 Å². The third-order valence-electron chi connectivity index (χ3n) is 1.94. The van der Waals surface area contributed by atoms with Crippen LogP contribution in [0.2, 0.25) is 0 Å². The number of rotatable bonds is 2. The summed E-state index contributed by atoms with van der Waals surface area (Å²) in [5.41, 5.74) is 2.78. The first-order valence-corrected chi connectivity index (χ1v) is 4.98. The second-order valence-corrected chi connectivity index (χ2v) is 3.28. The lowest BCUT2D eigenvalue weighted by molar-refractivity contribution is 0.414. The summed E-state index contributed by atoms with van der Waals surface area (Å²) in [4.78, 5) is 0. The molecule has 68 valence electrons. The molecule has 0 bridgehead atoms.